The lowest BCUT2D eigenvalue weighted by Gasteiger charge is -2.47. The smallest absolute Gasteiger partial charge is 0.273 e. The number of hydrogen-bond donors (Lipinski definition) is 0. The monoisotopic (exact) mass is 358 g/mol. The van der Waals surface area contributed by atoms with E-state index in [0.717, 1.165) is 37.7 Å². The van der Waals surface area contributed by atoms with Crippen molar-refractivity contribution in [2.45, 2.75) is 32.0 Å². The lowest BCUT2D eigenvalue weighted by atomic mass is 9.98. The van der Waals surface area contributed by atoms with Crippen LogP contribution in [0, 0.1) is 6.92 Å². The molecule has 2 aliphatic rings. The van der Waals surface area contributed by atoms with E-state index in [4.69, 9.17) is 4.74 Å². The van der Waals surface area contributed by atoms with Crippen molar-refractivity contribution in [2.75, 3.05) is 26.2 Å². The van der Waals surface area contributed by atoms with Gasteiger partial charge in [0.15, 0.2) is 0 Å². The van der Waals surface area contributed by atoms with Crippen LogP contribution in [0.1, 0.15) is 27.5 Å². The SMILES string of the molecule is Cc1nc(C(=O)N2CC[C@H]3OCCN(Cc4cccnc4)[C@@H]3C2)cs1. The van der Waals surface area contributed by atoms with E-state index in [-0.39, 0.29) is 18.1 Å². The number of carbonyl (C=O) groups excluding carboxylic acids is 1. The van der Waals surface area contributed by atoms with Crippen LogP contribution in [-0.2, 0) is 11.3 Å². The molecule has 1 amide bonds. The zero-order valence-electron chi connectivity index (χ0n) is 14.3. The summed E-state index contributed by atoms with van der Waals surface area (Å²) in [5.74, 6) is 0.0368. The Kier molecular flexibility index (Phi) is 4.78. The Balaban J connectivity index is 1.48. The third kappa shape index (κ3) is 3.58. The average molecular weight is 358 g/mol. The second-order valence-corrected chi connectivity index (χ2v) is 7.66. The quantitative estimate of drug-likeness (QED) is 0.839. The standard InChI is InChI=1S/C18H22N4O2S/c1-13-20-15(12-25-13)18(23)22-6-4-17-16(11-22)21(7-8-24-17)10-14-3-2-5-19-9-14/h2-3,5,9,12,16-17H,4,6-8,10-11H2,1H3/t16-,17-/m1/s1. The van der Waals surface area contributed by atoms with E-state index in [1.807, 2.05) is 29.5 Å². The minimum absolute atomic E-state index is 0.0368. The highest BCUT2D eigenvalue weighted by Crippen LogP contribution is 2.25. The molecule has 2 aliphatic heterocycles. The summed E-state index contributed by atoms with van der Waals surface area (Å²) in [5, 5.41) is 2.78. The minimum atomic E-state index is 0.0368. The number of ether oxygens (including phenoxy) is 1. The molecule has 2 saturated heterocycles. The van der Waals surface area contributed by atoms with E-state index in [9.17, 15) is 4.79 Å². The van der Waals surface area contributed by atoms with Crippen molar-refractivity contribution in [1.29, 1.82) is 0 Å². The van der Waals surface area contributed by atoms with Crippen LogP contribution in [0.15, 0.2) is 29.9 Å². The van der Waals surface area contributed by atoms with E-state index in [0.29, 0.717) is 12.2 Å². The molecule has 0 unspecified atom stereocenters. The lowest BCUT2D eigenvalue weighted by Crippen LogP contribution is -2.60. The molecular weight excluding hydrogens is 336 g/mol. The first-order valence-electron chi connectivity index (χ1n) is 8.66. The number of aryl methyl sites for hydroxylation is 1. The van der Waals surface area contributed by atoms with Crippen molar-refractivity contribution >= 4 is 17.2 Å². The van der Waals surface area contributed by atoms with Crippen molar-refractivity contribution in [3.63, 3.8) is 0 Å². The van der Waals surface area contributed by atoms with Crippen molar-refractivity contribution < 1.29 is 9.53 Å². The Morgan fingerprint density at radius 3 is 3.12 bits per heavy atom. The topological polar surface area (TPSA) is 58.6 Å². The van der Waals surface area contributed by atoms with Crippen LogP contribution in [0.4, 0.5) is 0 Å². The first kappa shape index (κ1) is 16.6. The molecule has 4 rings (SSSR count). The Morgan fingerprint density at radius 1 is 1.44 bits per heavy atom. The summed E-state index contributed by atoms with van der Waals surface area (Å²) in [6, 6.07) is 4.29. The summed E-state index contributed by atoms with van der Waals surface area (Å²) >= 11 is 1.52. The normalized spacial score (nSPS) is 24.1. The number of rotatable bonds is 3. The third-order valence-corrected chi connectivity index (χ3v) is 5.71. The molecule has 132 valence electrons. The number of pyridine rings is 1. The van der Waals surface area contributed by atoms with Crippen LogP contribution < -0.4 is 0 Å². The molecule has 25 heavy (non-hydrogen) atoms. The summed E-state index contributed by atoms with van der Waals surface area (Å²) in [7, 11) is 0. The van der Waals surface area contributed by atoms with E-state index in [1.54, 1.807) is 6.20 Å². The van der Waals surface area contributed by atoms with Crippen molar-refractivity contribution in [2.24, 2.45) is 0 Å². The molecule has 4 heterocycles. The highest BCUT2D eigenvalue weighted by atomic mass is 32.1. The molecule has 0 aliphatic carbocycles. The maximum atomic E-state index is 12.8. The fourth-order valence-corrected chi connectivity index (χ4v) is 4.26. The van der Waals surface area contributed by atoms with Gasteiger partial charge in [-0.25, -0.2) is 4.98 Å². The molecule has 0 aromatic carbocycles. The predicted molar refractivity (Wildman–Crippen MR) is 95.5 cm³/mol. The number of hydrogen-bond acceptors (Lipinski definition) is 6. The number of thiazole rings is 1. The second-order valence-electron chi connectivity index (χ2n) is 6.60. The minimum Gasteiger partial charge on any atom is -0.375 e. The number of aromatic nitrogens is 2. The molecule has 0 radical (unpaired) electrons. The Bertz CT molecular complexity index is 736. The summed E-state index contributed by atoms with van der Waals surface area (Å²) in [4.78, 5) is 25.7. The second kappa shape index (κ2) is 7.19. The largest absolute Gasteiger partial charge is 0.375 e. The Labute approximate surface area is 151 Å². The zero-order valence-corrected chi connectivity index (χ0v) is 15.1. The van der Waals surface area contributed by atoms with E-state index >= 15 is 0 Å². The fraction of sp³-hybridized carbons (Fsp3) is 0.500. The summed E-state index contributed by atoms with van der Waals surface area (Å²) in [5.41, 5.74) is 1.76. The summed E-state index contributed by atoms with van der Waals surface area (Å²) in [6.45, 7) is 5.83. The van der Waals surface area contributed by atoms with E-state index in [2.05, 4.69) is 20.9 Å². The van der Waals surface area contributed by atoms with Gasteiger partial charge in [0, 0.05) is 44.0 Å². The number of nitrogens with zero attached hydrogens (tertiary/aromatic N) is 4. The fourth-order valence-electron chi connectivity index (χ4n) is 3.67. The van der Waals surface area contributed by atoms with Gasteiger partial charge in [-0.2, -0.15) is 0 Å². The molecule has 2 aromatic heterocycles. The van der Waals surface area contributed by atoms with Crippen LogP contribution in [0.3, 0.4) is 0 Å². The number of piperidine rings is 1. The van der Waals surface area contributed by atoms with Crippen LogP contribution >= 0.6 is 11.3 Å². The van der Waals surface area contributed by atoms with Crippen LogP contribution in [-0.4, -0.2) is 64.1 Å². The number of likely N-dealkylation sites (tertiary alicyclic amines) is 1. The van der Waals surface area contributed by atoms with Gasteiger partial charge < -0.3 is 9.64 Å². The van der Waals surface area contributed by atoms with Crippen molar-refractivity contribution in [3.05, 3.63) is 46.2 Å². The Hall–Kier alpha value is -1.83. The lowest BCUT2D eigenvalue weighted by molar-refractivity contribution is -0.101. The van der Waals surface area contributed by atoms with Gasteiger partial charge in [-0.05, 0) is 25.0 Å². The first-order valence-corrected chi connectivity index (χ1v) is 9.54. The van der Waals surface area contributed by atoms with Gasteiger partial charge in [0.1, 0.15) is 5.69 Å². The molecule has 2 atom stereocenters. The maximum absolute atomic E-state index is 12.8. The van der Waals surface area contributed by atoms with Gasteiger partial charge >= 0.3 is 0 Å². The molecule has 0 N–H and O–H groups in total. The van der Waals surface area contributed by atoms with Gasteiger partial charge in [0.2, 0.25) is 0 Å². The van der Waals surface area contributed by atoms with Crippen molar-refractivity contribution in [1.82, 2.24) is 19.8 Å². The molecule has 0 saturated carbocycles. The first-order chi connectivity index (χ1) is 12.2. The molecule has 7 heteroatoms. The zero-order chi connectivity index (χ0) is 17.2. The Morgan fingerprint density at radius 2 is 2.36 bits per heavy atom. The third-order valence-electron chi connectivity index (χ3n) is 4.93. The molecule has 0 bridgehead atoms. The number of amides is 1. The molecular formula is C18H22N4O2S. The van der Waals surface area contributed by atoms with Gasteiger partial charge in [-0.3, -0.25) is 14.7 Å². The molecule has 2 fully saturated rings. The number of fused-ring (bicyclic) bond motifs is 1. The summed E-state index contributed by atoms with van der Waals surface area (Å²) < 4.78 is 5.98. The summed E-state index contributed by atoms with van der Waals surface area (Å²) in [6.07, 6.45) is 4.78. The predicted octanol–water partition coefficient (Wildman–Crippen LogP) is 1.96. The van der Waals surface area contributed by atoms with Gasteiger partial charge in [0.05, 0.1) is 23.8 Å². The molecule has 2 aromatic rings. The van der Waals surface area contributed by atoms with E-state index < -0.39 is 0 Å². The van der Waals surface area contributed by atoms with Crippen LogP contribution in [0.5, 0.6) is 0 Å². The van der Waals surface area contributed by atoms with E-state index in [1.165, 1.54) is 16.9 Å². The van der Waals surface area contributed by atoms with Crippen molar-refractivity contribution in [3.8, 4) is 0 Å². The molecule has 0 spiro atoms. The highest BCUT2D eigenvalue weighted by Gasteiger charge is 2.38. The van der Waals surface area contributed by atoms with Crippen LogP contribution in [0.2, 0.25) is 0 Å². The van der Waals surface area contributed by atoms with Gasteiger partial charge in [-0.1, -0.05) is 6.07 Å². The molecule has 6 nitrogen and oxygen atoms in total. The highest BCUT2D eigenvalue weighted by molar-refractivity contribution is 7.09. The number of carbonyl (C=O) groups is 1. The van der Waals surface area contributed by atoms with Gasteiger partial charge in [0.25, 0.3) is 5.91 Å². The maximum Gasteiger partial charge on any atom is 0.273 e. The number of morpholine rings is 1. The average Bonchev–Trinajstić information content (AvgIpc) is 3.08. The van der Waals surface area contributed by atoms with Crippen LogP contribution in [0.25, 0.3) is 0 Å². The van der Waals surface area contributed by atoms with Gasteiger partial charge in [-0.15, -0.1) is 11.3 Å².